The number of nitrogens with one attached hydrogen (secondary N) is 1. The highest BCUT2D eigenvalue weighted by molar-refractivity contribution is 7.75. The van der Waals surface area contributed by atoms with Crippen LogP contribution in [0.25, 0.3) is 0 Å². The highest BCUT2D eigenvalue weighted by atomic mass is 79.9. The van der Waals surface area contributed by atoms with Crippen LogP contribution in [0, 0.1) is 0 Å². The summed E-state index contributed by atoms with van der Waals surface area (Å²) in [6.45, 7) is 12.3. The minimum Gasteiger partial charge on any atom is -1.00 e. The molecule has 0 aliphatic carbocycles. The van der Waals surface area contributed by atoms with Crippen LogP contribution in [0.1, 0.15) is 105 Å². The van der Waals surface area contributed by atoms with Gasteiger partial charge in [-0.3, -0.25) is 9.59 Å². The zero-order valence-electron chi connectivity index (χ0n) is 23.2. The zero-order chi connectivity index (χ0) is 25.3. The Bertz CT molecular complexity index is 548. The molecule has 0 aromatic heterocycles. The van der Waals surface area contributed by atoms with Gasteiger partial charge in [-0.25, -0.2) is 0 Å². The van der Waals surface area contributed by atoms with Crippen LogP contribution in [0.4, 0.5) is 0 Å². The number of carbonyl (C=O) groups excluding carboxylic acids is 2. The first kappa shape index (κ1) is 34.8. The molecule has 0 spiro atoms. The number of esters is 1. The van der Waals surface area contributed by atoms with Crippen molar-refractivity contribution in [3.63, 3.8) is 0 Å². The molecule has 0 radical (unpaired) electrons. The van der Waals surface area contributed by atoms with E-state index in [0.717, 1.165) is 13.0 Å². The van der Waals surface area contributed by atoms with Crippen LogP contribution < -0.4 is 22.3 Å². The molecule has 1 saturated heterocycles. The van der Waals surface area contributed by atoms with Gasteiger partial charge in [-0.15, -0.1) is 0 Å². The molecule has 0 atom stereocenters. The molecule has 1 N–H and O–H groups in total. The number of unbranched alkanes of at least 4 members (excludes halogenated alkanes) is 3. The van der Waals surface area contributed by atoms with Crippen LogP contribution in [0.2, 0.25) is 0 Å². The number of halogens is 1. The van der Waals surface area contributed by atoms with Gasteiger partial charge >= 0.3 is 5.97 Å². The van der Waals surface area contributed by atoms with Crippen LogP contribution >= 0.6 is 7.26 Å². The van der Waals surface area contributed by atoms with Gasteiger partial charge in [0.15, 0.2) is 5.79 Å². The Kier molecular flexibility index (Phi) is 19.7. The number of hydrogen-bond donors (Lipinski definition) is 1. The summed E-state index contributed by atoms with van der Waals surface area (Å²) in [4.78, 5) is 24.5. The summed E-state index contributed by atoms with van der Waals surface area (Å²) in [6.07, 6.45) is 15.9. The molecule has 0 bridgehead atoms. The van der Waals surface area contributed by atoms with E-state index >= 15 is 0 Å². The van der Waals surface area contributed by atoms with Crippen molar-refractivity contribution in [3.8, 4) is 0 Å². The highest BCUT2D eigenvalue weighted by Gasteiger charge is 2.38. The van der Waals surface area contributed by atoms with Gasteiger partial charge in [0, 0.05) is 33.1 Å². The summed E-state index contributed by atoms with van der Waals surface area (Å²) >= 11 is 0. The maximum absolute atomic E-state index is 12.6. The maximum atomic E-state index is 12.6. The second-order valence-corrected chi connectivity index (χ2v) is 14.6. The lowest BCUT2D eigenvalue weighted by Crippen LogP contribution is -3.00. The molecule has 6 nitrogen and oxygen atoms in total. The van der Waals surface area contributed by atoms with E-state index in [1.807, 2.05) is 13.8 Å². The molecule has 0 aromatic rings. The third-order valence-electron chi connectivity index (χ3n) is 6.71. The van der Waals surface area contributed by atoms with Gasteiger partial charge < -0.3 is 36.5 Å². The summed E-state index contributed by atoms with van der Waals surface area (Å²) < 4.78 is 16.9. The lowest BCUT2D eigenvalue weighted by molar-refractivity contribution is -0.177. The number of rotatable bonds is 20. The zero-order valence-corrected chi connectivity index (χ0v) is 25.7. The first-order valence-electron chi connectivity index (χ1n) is 13.9. The monoisotopic (exact) mass is 581 g/mol. The Hall–Kier alpha value is -0.230. The average molecular weight is 583 g/mol. The molecule has 1 aliphatic heterocycles. The van der Waals surface area contributed by atoms with Crippen LogP contribution in [0.5, 0.6) is 0 Å². The molecule has 1 heterocycles. The van der Waals surface area contributed by atoms with Gasteiger partial charge in [0.05, 0.1) is 50.4 Å². The minimum absolute atomic E-state index is 0. The predicted octanol–water partition coefficient (Wildman–Crippen LogP) is 3.17. The third-order valence-corrected chi connectivity index (χ3v) is 11.8. The number of ether oxygens (including phenoxy) is 3. The molecule has 35 heavy (non-hydrogen) atoms. The molecule has 1 fully saturated rings. The van der Waals surface area contributed by atoms with Gasteiger partial charge in [0.25, 0.3) is 0 Å². The number of amides is 1. The normalized spacial score (nSPS) is 15.1. The van der Waals surface area contributed by atoms with Crippen molar-refractivity contribution in [2.45, 2.75) is 117 Å². The van der Waals surface area contributed by atoms with Gasteiger partial charge in [-0.05, 0) is 39.5 Å². The van der Waals surface area contributed by atoms with E-state index < -0.39 is 13.0 Å². The fourth-order valence-electron chi connectivity index (χ4n) is 4.71. The molecule has 1 rings (SSSR count). The maximum Gasteiger partial charge on any atom is 0.306 e. The van der Waals surface area contributed by atoms with Crippen molar-refractivity contribution in [1.29, 1.82) is 0 Å². The second kappa shape index (κ2) is 19.8. The first-order chi connectivity index (χ1) is 16.3. The van der Waals surface area contributed by atoms with E-state index in [0.29, 0.717) is 32.5 Å². The Balaban J connectivity index is 0.0000116. The van der Waals surface area contributed by atoms with Gasteiger partial charge in [-0.2, -0.15) is 0 Å². The van der Waals surface area contributed by atoms with E-state index in [4.69, 9.17) is 14.2 Å². The smallest absolute Gasteiger partial charge is 0.306 e. The summed E-state index contributed by atoms with van der Waals surface area (Å²) in [5, 5.41) is 3.13. The van der Waals surface area contributed by atoms with Crippen LogP contribution in [0.3, 0.4) is 0 Å². The summed E-state index contributed by atoms with van der Waals surface area (Å²) in [7, 11) is -0.913. The van der Waals surface area contributed by atoms with Crippen molar-refractivity contribution < 1.29 is 40.8 Å². The fourth-order valence-corrected chi connectivity index (χ4v) is 9.84. The van der Waals surface area contributed by atoms with Crippen molar-refractivity contribution in [1.82, 2.24) is 5.32 Å². The Morgan fingerprint density at radius 2 is 1.34 bits per heavy atom. The molecular weight excluding hydrogens is 529 g/mol. The van der Waals surface area contributed by atoms with E-state index in [-0.39, 0.29) is 41.4 Å². The van der Waals surface area contributed by atoms with Crippen molar-refractivity contribution >= 4 is 19.1 Å². The van der Waals surface area contributed by atoms with E-state index in [2.05, 4.69) is 26.1 Å². The van der Waals surface area contributed by atoms with E-state index in [1.165, 1.54) is 63.2 Å². The molecule has 1 aliphatic rings. The molecule has 0 aromatic carbocycles. The van der Waals surface area contributed by atoms with Gasteiger partial charge in [0.1, 0.15) is 0 Å². The highest BCUT2D eigenvalue weighted by Crippen LogP contribution is 2.61. The van der Waals surface area contributed by atoms with Crippen LogP contribution in [-0.2, 0) is 23.8 Å². The number of hydrogen-bond acceptors (Lipinski definition) is 5. The molecular formula is C27H53BrNO5P. The summed E-state index contributed by atoms with van der Waals surface area (Å²) in [6, 6.07) is 0. The largest absolute Gasteiger partial charge is 1.00 e. The summed E-state index contributed by atoms with van der Waals surface area (Å²) in [5.41, 5.74) is 0. The van der Waals surface area contributed by atoms with E-state index in [1.54, 1.807) is 0 Å². The Morgan fingerprint density at radius 1 is 0.857 bits per heavy atom. The Morgan fingerprint density at radius 3 is 1.83 bits per heavy atom. The van der Waals surface area contributed by atoms with Crippen molar-refractivity contribution in [2.75, 3.05) is 44.4 Å². The summed E-state index contributed by atoms with van der Waals surface area (Å²) in [5.74, 6) is -1.05. The molecule has 208 valence electrons. The predicted molar refractivity (Wildman–Crippen MR) is 143 cm³/mol. The standard InChI is InChI=1S/C27H52NO5P.BrH/c1-6-9-20-34(21-10-7-2,22-11-8-3)23-12-17-28-25(29)13-15-27(31-18-19-32-27)16-14-26(30)33-24(4)5;/h24H,6-23H2,1-5H3;1H. The topological polar surface area (TPSA) is 73.9 Å². The average Bonchev–Trinajstić information content (AvgIpc) is 3.28. The van der Waals surface area contributed by atoms with Crippen LogP contribution in [0.15, 0.2) is 0 Å². The van der Waals surface area contributed by atoms with Gasteiger partial charge in [0.2, 0.25) is 5.91 Å². The molecule has 8 heteroatoms. The lowest BCUT2D eigenvalue weighted by Gasteiger charge is -2.28. The van der Waals surface area contributed by atoms with Gasteiger partial charge in [-0.1, -0.05) is 40.0 Å². The van der Waals surface area contributed by atoms with E-state index in [9.17, 15) is 9.59 Å². The van der Waals surface area contributed by atoms with Crippen molar-refractivity contribution in [3.05, 3.63) is 0 Å². The molecule has 0 unspecified atom stereocenters. The lowest BCUT2D eigenvalue weighted by atomic mass is 10.0. The quantitative estimate of drug-likeness (QED) is 0.136. The molecule has 0 saturated carbocycles. The first-order valence-corrected chi connectivity index (χ1v) is 16.4. The Labute approximate surface area is 226 Å². The third kappa shape index (κ3) is 14.9. The second-order valence-electron chi connectivity index (χ2n) is 10.1. The van der Waals surface area contributed by atoms with Crippen LogP contribution in [-0.4, -0.2) is 68.2 Å². The number of carbonyl (C=O) groups is 2. The molecule has 1 amide bonds. The van der Waals surface area contributed by atoms with Crippen molar-refractivity contribution in [2.24, 2.45) is 0 Å². The minimum atomic E-state index is -0.913. The fraction of sp³-hybridized carbons (Fsp3) is 0.926. The SMILES string of the molecule is CCCC[P+](CCCC)(CCCC)CCCNC(=O)CCC1(CCC(=O)OC(C)C)OCCO1.[Br-].